The van der Waals surface area contributed by atoms with E-state index in [-0.39, 0.29) is 23.3 Å². The lowest BCUT2D eigenvalue weighted by Gasteiger charge is -2.15. The van der Waals surface area contributed by atoms with Gasteiger partial charge in [-0.05, 0) is 73.7 Å². The summed E-state index contributed by atoms with van der Waals surface area (Å²) < 4.78 is 17.2. The first-order chi connectivity index (χ1) is 21.4. The Bertz CT molecular complexity index is 1270. The lowest BCUT2D eigenvalue weighted by atomic mass is 10.0. The Kier molecular flexibility index (Phi) is 15.3. The van der Waals surface area contributed by atoms with Crippen LogP contribution in [-0.2, 0) is 0 Å². The molecule has 0 saturated heterocycles. The van der Waals surface area contributed by atoms with Gasteiger partial charge >= 0.3 is 11.7 Å². The second-order valence-corrected chi connectivity index (χ2v) is 11.5. The van der Waals surface area contributed by atoms with Crippen molar-refractivity contribution in [1.29, 1.82) is 0 Å². The molecular weight excluding hydrogens is 554 g/mol. The van der Waals surface area contributed by atoms with Gasteiger partial charge in [-0.1, -0.05) is 102 Å². The molecule has 3 rings (SSSR count). The minimum absolute atomic E-state index is 0.0938. The number of unbranched alkanes of at least 4 members (excludes halogenated alkanes) is 10. The van der Waals surface area contributed by atoms with E-state index in [4.69, 9.17) is 14.2 Å². The molecule has 0 bridgehead atoms. The average molecular weight is 604 g/mol. The topological polar surface area (TPSA) is 87.9 Å². The summed E-state index contributed by atoms with van der Waals surface area (Å²) in [6, 6.07) is 19.3. The van der Waals surface area contributed by atoms with Gasteiger partial charge in [0.2, 0.25) is 0 Å². The van der Waals surface area contributed by atoms with Gasteiger partial charge < -0.3 is 14.2 Å². The summed E-state index contributed by atoms with van der Waals surface area (Å²) in [6.45, 7) is 7.03. The number of benzene rings is 3. The molecule has 44 heavy (non-hydrogen) atoms. The van der Waals surface area contributed by atoms with E-state index in [1.165, 1.54) is 63.1 Å². The van der Waals surface area contributed by atoms with Crippen molar-refractivity contribution in [3.63, 3.8) is 0 Å². The van der Waals surface area contributed by atoms with E-state index in [2.05, 4.69) is 13.8 Å². The summed E-state index contributed by atoms with van der Waals surface area (Å²) in [5.74, 6) is 0.528. The number of nitrogens with zero attached hydrogens (tertiary/aromatic N) is 1. The third-order valence-corrected chi connectivity index (χ3v) is 7.70. The van der Waals surface area contributed by atoms with Gasteiger partial charge in [0.1, 0.15) is 11.5 Å². The molecule has 0 N–H and O–H groups in total. The van der Waals surface area contributed by atoms with Crippen LogP contribution in [0.3, 0.4) is 0 Å². The van der Waals surface area contributed by atoms with Crippen LogP contribution in [0, 0.1) is 10.1 Å². The molecule has 238 valence electrons. The van der Waals surface area contributed by atoms with Crippen molar-refractivity contribution < 1.29 is 23.9 Å². The molecule has 0 aromatic heterocycles. The highest BCUT2D eigenvalue weighted by molar-refractivity contribution is 5.91. The molecule has 0 amide bonds. The van der Waals surface area contributed by atoms with Crippen LogP contribution in [0.5, 0.6) is 17.2 Å². The van der Waals surface area contributed by atoms with Gasteiger partial charge in [0, 0.05) is 0 Å². The first-order valence-corrected chi connectivity index (χ1v) is 16.4. The summed E-state index contributed by atoms with van der Waals surface area (Å²) in [5.41, 5.74) is 2.09. The van der Waals surface area contributed by atoms with Crippen molar-refractivity contribution in [2.45, 2.75) is 110 Å². The van der Waals surface area contributed by atoms with Crippen LogP contribution in [0.2, 0.25) is 0 Å². The van der Waals surface area contributed by atoms with Crippen LogP contribution in [0.25, 0.3) is 11.1 Å². The first kappa shape index (κ1) is 34.6. The number of ether oxygens (including phenoxy) is 3. The molecule has 0 spiro atoms. The molecule has 0 radical (unpaired) electrons. The van der Waals surface area contributed by atoms with Gasteiger partial charge in [0.05, 0.1) is 29.3 Å². The van der Waals surface area contributed by atoms with E-state index in [0.29, 0.717) is 5.56 Å². The molecular formula is C37H49NO6. The molecule has 0 aliphatic heterocycles. The van der Waals surface area contributed by atoms with Gasteiger partial charge in [-0.25, -0.2) is 4.79 Å². The van der Waals surface area contributed by atoms with E-state index in [1.54, 1.807) is 12.1 Å². The van der Waals surface area contributed by atoms with Crippen LogP contribution in [-0.4, -0.2) is 23.6 Å². The lowest BCUT2D eigenvalue weighted by molar-refractivity contribution is -0.386. The third kappa shape index (κ3) is 12.0. The number of nitro benzene ring substituents is 1. The summed E-state index contributed by atoms with van der Waals surface area (Å²) in [4.78, 5) is 24.0. The SMILES string of the molecule is CCCCCCCCCCOc1ccc(-c2ccc(C(=O)Oc3ccc(O[C@H](C)CCCCCC)c([N+](=O)[O-])c3)cc2)cc1. The number of nitro groups is 1. The average Bonchev–Trinajstić information content (AvgIpc) is 3.03. The lowest BCUT2D eigenvalue weighted by Crippen LogP contribution is -2.13. The Labute approximate surface area is 263 Å². The van der Waals surface area contributed by atoms with Gasteiger partial charge in [0.25, 0.3) is 0 Å². The van der Waals surface area contributed by atoms with Crippen molar-refractivity contribution in [2.24, 2.45) is 0 Å². The van der Waals surface area contributed by atoms with E-state index in [9.17, 15) is 14.9 Å². The molecule has 3 aromatic carbocycles. The Balaban J connectivity index is 1.49. The number of esters is 1. The van der Waals surface area contributed by atoms with Crippen molar-refractivity contribution in [2.75, 3.05) is 6.61 Å². The highest BCUT2D eigenvalue weighted by Gasteiger charge is 2.20. The molecule has 0 saturated carbocycles. The van der Waals surface area contributed by atoms with Gasteiger partial charge in [-0.2, -0.15) is 0 Å². The summed E-state index contributed by atoms with van der Waals surface area (Å²) in [7, 11) is 0. The van der Waals surface area contributed by atoms with Crippen LogP contribution >= 0.6 is 0 Å². The van der Waals surface area contributed by atoms with Crippen molar-refractivity contribution in [3.05, 3.63) is 82.4 Å². The molecule has 1 atom stereocenters. The van der Waals surface area contributed by atoms with E-state index in [0.717, 1.165) is 62.0 Å². The van der Waals surface area contributed by atoms with Gasteiger partial charge in [-0.3, -0.25) is 10.1 Å². The van der Waals surface area contributed by atoms with Crippen molar-refractivity contribution in [3.8, 4) is 28.4 Å². The highest BCUT2D eigenvalue weighted by atomic mass is 16.6. The first-order valence-electron chi connectivity index (χ1n) is 16.4. The third-order valence-electron chi connectivity index (χ3n) is 7.70. The monoisotopic (exact) mass is 603 g/mol. The summed E-state index contributed by atoms with van der Waals surface area (Å²) in [6.07, 6.45) is 15.3. The fourth-order valence-electron chi connectivity index (χ4n) is 5.07. The Morgan fingerprint density at radius 2 is 1.27 bits per heavy atom. The molecule has 0 fully saturated rings. The Hall–Kier alpha value is -3.87. The number of hydrogen-bond acceptors (Lipinski definition) is 6. The fourth-order valence-corrected chi connectivity index (χ4v) is 5.07. The Morgan fingerprint density at radius 3 is 1.89 bits per heavy atom. The number of rotatable bonds is 21. The van der Waals surface area contributed by atoms with Crippen LogP contribution in [0.1, 0.15) is 115 Å². The molecule has 0 heterocycles. The molecule has 0 aliphatic rings. The zero-order chi connectivity index (χ0) is 31.6. The predicted molar refractivity (Wildman–Crippen MR) is 177 cm³/mol. The van der Waals surface area contributed by atoms with Crippen molar-refractivity contribution >= 4 is 11.7 Å². The minimum atomic E-state index is -0.589. The largest absolute Gasteiger partial charge is 0.494 e. The maximum absolute atomic E-state index is 12.8. The van der Waals surface area contributed by atoms with Gasteiger partial charge in [0.15, 0.2) is 5.75 Å². The maximum atomic E-state index is 12.8. The summed E-state index contributed by atoms with van der Waals surface area (Å²) in [5, 5.41) is 11.7. The second kappa shape index (κ2) is 19.4. The van der Waals surface area contributed by atoms with E-state index < -0.39 is 10.9 Å². The zero-order valence-electron chi connectivity index (χ0n) is 26.7. The molecule has 3 aromatic rings. The standard InChI is InChI=1S/C37H49NO6/c1-4-6-8-10-11-12-13-15-27-42-33-23-21-31(22-24-33)30-17-19-32(20-18-30)37(39)44-34-25-26-36(35(28-34)38(40)41)43-29(3)16-14-9-7-5-2/h17-26,28-29H,4-16,27H2,1-3H3/t29-/m1/s1. The van der Waals surface area contributed by atoms with Gasteiger partial charge in [-0.15, -0.1) is 0 Å². The number of carbonyl (C=O) groups is 1. The van der Waals surface area contributed by atoms with Crippen LogP contribution in [0.4, 0.5) is 5.69 Å². The smallest absolute Gasteiger partial charge is 0.343 e. The van der Waals surface area contributed by atoms with Crippen LogP contribution in [0.15, 0.2) is 66.7 Å². The molecule has 0 unspecified atom stereocenters. The fraction of sp³-hybridized carbons (Fsp3) is 0.486. The normalized spacial score (nSPS) is 11.6. The second-order valence-electron chi connectivity index (χ2n) is 11.5. The minimum Gasteiger partial charge on any atom is -0.494 e. The zero-order valence-corrected chi connectivity index (χ0v) is 26.7. The van der Waals surface area contributed by atoms with E-state index >= 15 is 0 Å². The number of carbonyl (C=O) groups excluding carboxylic acids is 1. The van der Waals surface area contributed by atoms with E-state index in [1.807, 2.05) is 43.3 Å². The quantitative estimate of drug-likeness (QED) is 0.0396. The molecule has 0 aliphatic carbocycles. The molecule has 7 heteroatoms. The molecule has 7 nitrogen and oxygen atoms in total. The van der Waals surface area contributed by atoms with Crippen molar-refractivity contribution in [1.82, 2.24) is 0 Å². The summed E-state index contributed by atoms with van der Waals surface area (Å²) >= 11 is 0. The Morgan fingerprint density at radius 1 is 0.727 bits per heavy atom. The van der Waals surface area contributed by atoms with Crippen LogP contribution < -0.4 is 14.2 Å². The highest BCUT2D eigenvalue weighted by Crippen LogP contribution is 2.33. The number of hydrogen-bond donors (Lipinski definition) is 0. The predicted octanol–water partition coefficient (Wildman–Crippen LogP) is 10.7. The maximum Gasteiger partial charge on any atom is 0.343 e.